The van der Waals surface area contributed by atoms with Crippen molar-refractivity contribution in [1.29, 1.82) is 0 Å². The van der Waals surface area contributed by atoms with Crippen LogP contribution in [0.1, 0.15) is 34.7 Å². The van der Waals surface area contributed by atoms with Gasteiger partial charge in [0.2, 0.25) is 11.8 Å². The Balaban J connectivity index is 1.87. The highest BCUT2D eigenvalue weighted by molar-refractivity contribution is 5.92. The average molecular weight is 440 g/mol. The maximum Gasteiger partial charge on any atom is 0.325 e. The van der Waals surface area contributed by atoms with Gasteiger partial charge >= 0.3 is 5.97 Å². The van der Waals surface area contributed by atoms with Gasteiger partial charge in [-0.2, -0.15) is 0 Å². The van der Waals surface area contributed by atoms with Crippen LogP contribution < -0.4 is 11.1 Å². The molecule has 2 amide bonds. The van der Waals surface area contributed by atoms with Crippen LogP contribution in [-0.2, 0) is 33.8 Å². The molecule has 8 heteroatoms. The Morgan fingerprint density at radius 1 is 1.16 bits per heavy atom. The Morgan fingerprint density at radius 2 is 1.75 bits per heavy atom. The standard InChI is InChI=1S/C24H29N3O5/c1-13-8-18(28)9-14(2)19(13)11-20(25)23(30)27-12-17-7-5-4-6-16(17)10-21(27)22(29)26-15(3)24(31)32/h4-9,15,20-21,28H,10-12,25H2,1-3H3,(H,26,29)(H,31,32)/t15-,20+,21+/m1/s1. The first-order chi connectivity index (χ1) is 15.1. The molecule has 0 radical (unpaired) electrons. The van der Waals surface area contributed by atoms with Crippen LogP contribution in [0, 0.1) is 13.8 Å². The summed E-state index contributed by atoms with van der Waals surface area (Å²) in [6.07, 6.45) is 0.541. The van der Waals surface area contributed by atoms with E-state index in [9.17, 15) is 19.5 Å². The number of carbonyl (C=O) groups excluding carboxylic acids is 2. The van der Waals surface area contributed by atoms with Gasteiger partial charge in [0.1, 0.15) is 17.8 Å². The second-order valence-corrected chi connectivity index (χ2v) is 8.39. The Bertz CT molecular complexity index is 1030. The van der Waals surface area contributed by atoms with Crippen molar-refractivity contribution in [3.05, 3.63) is 64.2 Å². The smallest absolute Gasteiger partial charge is 0.325 e. The number of phenols is 1. The molecule has 0 unspecified atom stereocenters. The van der Waals surface area contributed by atoms with Gasteiger partial charge in [-0.25, -0.2) is 0 Å². The van der Waals surface area contributed by atoms with Gasteiger partial charge < -0.3 is 26.2 Å². The molecule has 1 aliphatic heterocycles. The molecule has 0 saturated heterocycles. The van der Waals surface area contributed by atoms with Gasteiger partial charge in [-0.3, -0.25) is 14.4 Å². The summed E-state index contributed by atoms with van der Waals surface area (Å²) in [5.41, 5.74) is 10.7. The summed E-state index contributed by atoms with van der Waals surface area (Å²) in [6.45, 7) is 5.29. The Morgan fingerprint density at radius 3 is 2.34 bits per heavy atom. The van der Waals surface area contributed by atoms with E-state index in [0.29, 0.717) is 0 Å². The SMILES string of the molecule is Cc1cc(O)cc(C)c1C[C@H](N)C(=O)N1Cc2ccccc2C[C@H]1C(=O)N[C@H](C)C(=O)O. The Labute approximate surface area is 187 Å². The molecule has 5 N–H and O–H groups in total. The third-order valence-electron chi connectivity index (χ3n) is 5.99. The number of carboxylic acids is 1. The quantitative estimate of drug-likeness (QED) is 0.538. The number of nitrogens with two attached hydrogens (primary N) is 1. The third-order valence-corrected chi connectivity index (χ3v) is 5.99. The summed E-state index contributed by atoms with van der Waals surface area (Å²) in [6, 6.07) is 7.98. The molecule has 1 heterocycles. The van der Waals surface area contributed by atoms with Gasteiger partial charge in [-0.05, 0) is 67.1 Å². The fraction of sp³-hybridized carbons (Fsp3) is 0.375. The molecule has 8 nitrogen and oxygen atoms in total. The molecule has 0 aliphatic carbocycles. The first-order valence-corrected chi connectivity index (χ1v) is 10.5. The molecule has 0 saturated carbocycles. The largest absolute Gasteiger partial charge is 0.508 e. The van der Waals surface area contributed by atoms with Crippen LogP contribution in [-0.4, -0.2) is 51.0 Å². The van der Waals surface area contributed by atoms with Crippen molar-refractivity contribution in [1.82, 2.24) is 10.2 Å². The number of amides is 2. The number of benzene rings is 2. The molecule has 3 atom stereocenters. The minimum Gasteiger partial charge on any atom is -0.508 e. The highest BCUT2D eigenvalue weighted by Gasteiger charge is 2.37. The number of nitrogens with zero attached hydrogens (tertiary/aromatic N) is 1. The van der Waals surface area contributed by atoms with Crippen molar-refractivity contribution in [3.63, 3.8) is 0 Å². The van der Waals surface area contributed by atoms with E-state index in [1.807, 2.05) is 38.1 Å². The predicted octanol–water partition coefficient (Wildman–Crippen LogP) is 1.42. The molecule has 1 aliphatic rings. The normalized spacial score (nSPS) is 17.2. The zero-order valence-corrected chi connectivity index (χ0v) is 18.5. The zero-order valence-electron chi connectivity index (χ0n) is 18.5. The van der Waals surface area contributed by atoms with Crippen LogP contribution in [0.15, 0.2) is 36.4 Å². The number of rotatable bonds is 6. The minimum absolute atomic E-state index is 0.153. The van der Waals surface area contributed by atoms with Gasteiger partial charge in [0.05, 0.1) is 6.04 Å². The first kappa shape index (κ1) is 23.3. The van der Waals surface area contributed by atoms with Crippen molar-refractivity contribution in [2.24, 2.45) is 5.73 Å². The van der Waals surface area contributed by atoms with Crippen molar-refractivity contribution >= 4 is 17.8 Å². The second kappa shape index (κ2) is 9.40. The second-order valence-electron chi connectivity index (χ2n) is 8.39. The van der Waals surface area contributed by atoms with E-state index in [1.54, 1.807) is 12.1 Å². The lowest BCUT2D eigenvalue weighted by Crippen LogP contribution is -2.58. The van der Waals surface area contributed by atoms with E-state index in [0.717, 1.165) is 27.8 Å². The van der Waals surface area contributed by atoms with Crippen LogP contribution in [0.3, 0.4) is 0 Å². The molecule has 2 aromatic carbocycles. The van der Waals surface area contributed by atoms with Crippen molar-refractivity contribution in [2.75, 3.05) is 0 Å². The number of fused-ring (bicyclic) bond motifs is 1. The number of hydrogen-bond donors (Lipinski definition) is 4. The summed E-state index contributed by atoms with van der Waals surface area (Å²) < 4.78 is 0. The lowest BCUT2D eigenvalue weighted by molar-refractivity contribution is -0.145. The lowest BCUT2D eigenvalue weighted by Gasteiger charge is -2.37. The molecular weight excluding hydrogens is 410 g/mol. The van der Waals surface area contributed by atoms with Gasteiger partial charge in [-0.1, -0.05) is 24.3 Å². The molecule has 0 aromatic heterocycles. The number of nitrogens with one attached hydrogen (secondary N) is 1. The first-order valence-electron chi connectivity index (χ1n) is 10.5. The van der Waals surface area contributed by atoms with Gasteiger partial charge in [0.25, 0.3) is 0 Å². The van der Waals surface area contributed by atoms with Crippen molar-refractivity contribution in [3.8, 4) is 5.75 Å². The number of aryl methyl sites for hydroxylation is 2. The molecule has 32 heavy (non-hydrogen) atoms. The van der Waals surface area contributed by atoms with Crippen LogP contribution in [0.25, 0.3) is 0 Å². The molecule has 2 aromatic rings. The molecule has 170 valence electrons. The summed E-state index contributed by atoms with van der Waals surface area (Å²) in [5, 5.41) is 21.4. The van der Waals surface area contributed by atoms with E-state index in [1.165, 1.54) is 11.8 Å². The molecule has 0 spiro atoms. The van der Waals surface area contributed by atoms with E-state index in [-0.39, 0.29) is 31.0 Å². The zero-order chi connectivity index (χ0) is 23.6. The van der Waals surface area contributed by atoms with Crippen molar-refractivity contribution < 1.29 is 24.6 Å². The number of carboxylic acid groups (broad SMARTS) is 1. The van der Waals surface area contributed by atoms with E-state index < -0.39 is 30.0 Å². The van der Waals surface area contributed by atoms with Crippen LogP contribution in [0.4, 0.5) is 0 Å². The molecule has 0 bridgehead atoms. The monoisotopic (exact) mass is 439 g/mol. The van der Waals surface area contributed by atoms with Crippen LogP contribution in [0.2, 0.25) is 0 Å². The van der Waals surface area contributed by atoms with Crippen molar-refractivity contribution in [2.45, 2.75) is 58.3 Å². The van der Waals surface area contributed by atoms with Crippen LogP contribution in [0.5, 0.6) is 5.75 Å². The highest BCUT2D eigenvalue weighted by atomic mass is 16.4. The topological polar surface area (TPSA) is 133 Å². The van der Waals surface area contributed by atoms with E-state index in [2.05, 4.69) is 5.32 Å². The fourth-order valence-corrected chi connectivity index (χ4v) is 4.17. The summed E-state index contributed by atoms with van der Waals surface area (Å²) >= 11 is 0. The maximum atomic E-state index is 13.4. The minimum atomic E-state index is -1.15. The number of carbonyl (C=O) groups is 3. The highest BCUT2D eigenvalue weighted by Crippen LogP contribution is 2.26. The summed E-state index contributed by atoms with van der Waals surface area (Å²) in [5.74, 6) is -1.90. The summed E-state index contributed by atoms with van der Waals surface area (Å²) in [7, 11) is 0. The van der Waals surface area contributed by atoms with Gasteiger partial charge in [0, 0.05) is 13.0 Å². The lowest BCUT2D eigenvalue weighted by atomic mass is 9.91. The summed E-state index contributed by atoms with van der Waals surface area (Å²) in [4.78, 5) is 39.0. The number of aromatic hydroxyl groups is 1. The Hall–Kier alpha value is -3.39. The Kier molecular flexibility index (Phi) is 6.84. The number of aliphatic carboxylic acids is 1. The van der Waals surface area contributed by atoms with Crippen LogP contribution >= 0.6 is 0 Å². The van der Waals surface area contributed by atoms with Gasteiger partial charge in [-0.15, -0.1) is 0 Å². The number of hydrogen-bond acceptors (Lipinski definition) is 5. The number of phenolic OH excluding ortho intramolecular Hbond substituents is 1. The van der Waals surface area contributed by atoms with E-state index >= 15 is 0 Å². The molecule has 3 rings (SSSR count). The van der Waals surface area contributed by atoms with E-state index in [4.69, 9.17) is 10.8 Å². The van der Waals surface area contributed by atoms with Gasteiger partial charge in [0.15, 0.2) is 0 Å². The molecular formula is C24H29N3O5. The predicted molar refractivity (Wildman–Crippen MR) is 119 cm³/mol. The third kappa shape index (κ3) is 4.91. The maximum absolute atomic E-state index is 13.4. The average Bonchev–Trinajstić information content (AvgIpc) is 2.74. The molecule has 0 fully saturated rings. The fourth-order valence-electron chi connectivity index (χ4n) is 4.17.